The monoisotopic (exact) mass is 325 g/mol. The lowest BCUT2D eigenvalue weighted by Crippen LogP contribution is -1.97. The van der Waals surface area contributed by atoms with Crippen molar-refractivity contribution in [2.75, 3.05) is 5.33 Å². The largest absolute Gasteiger partial charge is 0.343 e. The summed E-state index contributed by atoms with van der Waals surface area (Å²) >= 11 is 3.63. The van der Waals surface area contributed by atoms with E-state index < -0.39 is 0 Å². The van der Waals surface area contributed by atoms with E-state index in [9.17, 15) is 0 Å². The maximum atomic E-state index is 3.63. The molecule has 1 atom stereocenters. The van der Waals surface area contributed by atoms with E-state index in [1.54, 1.807) is 0 Å². The molecule has 0 aliphatic heterocycles. The zero-order chi connectivity index (χ0) is 13.7. The molecule has 0 fully saturated rings. The fourth-order valence-electron chi connectivity index (χ4n) is 3.68. The number of aryl methyl sites for hydroxylation is 1. The van der Waals surface area contributed by atoms with Crippen molar-refractivity contribution in [2.45, 2.75) is 12.3 Å². The smallest absolute Gasteiger partial charge is 0.0530 e. The average Bonchev–Trinajstić information content (AvgIpc) is 2.96. The molecule has 0 saturated carbocycles. The second kappa shape index (κ2) is 4.49. The van der Waals surface area contributed by atoms with Gasteiger partial charge in [-0.15, -0.1) is 0 Å². The third-order valence-electron chi connectivity index (χ3n) is 4.48. The number of rotatable bonds is 2. The van der Waals surface area contributed by atoms with Crippen LogP contribution in [0.5, 0.6) is 0 Å². The van der Waals surface area contributed by atoms with Gasteiger partial charge in [0.15, 0.2) is 0 Å². The number of nitrogens with zero attached hydrogens (tertiary/aromatic N) is 1. The Hall–Kier alpha value is -1.54. The highest BCUT2D eigenvalue weighted by Crippen LogP contribution is 2.50. The van der Waals surface area contributed by atoms with Crippen LogP contribution in [0.1, 0.15) is 23.5 Å². The Balaban J connectivity index is 2.11. The minimum absolute atomic E-state index is 0.520. The van der Waals surface area contributed by atoms with Gasteiger partial charge < -0.3 is 4.57 Å². The van der Waals surface area contributed by atoms with Crippen molar-refractivity contribution >= 4 is 26.8 Å². The Morgan fingerprint density at radius 2 is 1.80 bits per heavy atom. The van der Waals surface area contributed by atoms with E-state index in [0.717, 1.165) is 11.8 Å². The molecule has 1 unspecified atom stereocenters. The van der Waals surface area contributed by atoms with E-state index in [2.05, 4.69) is 76.1 Å². The number of fused-ring (bicyclic) bond motifs is 5. The van der Waals surface area contributed by atoms with Gasteiger partial charge in [0, 0.05) is 34.8 Å². The van der Waals surface area contributed by atoms with Gasteiger partial charge >= 0.3 is 0 Å². The molecule has 0 spiro atoms. The van der Waals surface area contributed by atoms with E-state index in [1.165, 1.54) is 33.3 Å². The first-order chi connectivity index (χ1) is 9.83. The fraction of sp³-hybridized carbons (Fsp3) is 0.222. The van der Waals surface area contributed by atoms with Crippen LogP contribution in [0.25, 0.3) is 22.2 Å². The van der Waals surface area contributed by atoms with Crippen LogP contribution in [0.2, 0.25) is 0 Å². The minimum atomic E-state index is 0.520. The summed E-state index contributed by atoms with van der Waals surface area (Å²) in [7, 11) is 2.19. The Morgan fingerprint density at radius 1 is 1.05 bits per heavy atom. The van der Waals surface area contributed by atoms with Crippen LogP contribution < -0.4 is 0 Å². The average molecular weight is 326 g/mol. The maximum absolute atomic E-state index is 3.63. The summed E-state index contributed by atoms with van der Waals surface area (Å²) in [6.45, 7) is 0. The first-order valence-electron chi connectivity index (χ1n) is 7.05. The van der Waals surface area contributed by atoms with Crippen LogP contribution in [-0.4, -0.2) is 9.90 Å². The molecule has 2 heteroatoms. The predicted octanol–water partition coefficient (Wildman–Crippen LogP) is 5.08. The van der Waals surface area contributed by atoms with Gasteiger partial charge in [0.2, 0.25) is 0 Å². The molecule has 3 aromatic rings. The number of aromatic nitrogens is 1. The topological polar surface area (TPSA) is 4.93 Å². The molecule has 0 radical (unpaired) electrons. The molecule has 0 amide bonds. The maximum Gasteiger partial charge on any atom is 0.0530 e. The summed E-state index contributed by atoms with van der Waals surface area (Å²) in [6.07, 6.45) is 1.15. The first kappa shape index (κ1) is 12.2. The minimum Gasteiger partial charge on any atom is -0.343 e. The van der Waals surface area contributed by atoms with Crippen LogP contribution in [0, 0.1) is 0 Å². The van der Waals surface area contributed by atoms with Crippen LogP contribution in [-0.2, 0) is 7.05 Å². The molecule has 100 valence electrons. The van der Waals surface area contributed by atoms with E-state index in [1.807, 2.05) is 0 Å². The van der Waals surface area contributed by atoms with Crippen molar-refractivity contribution in [1.82, 2.24) is 4.57 Å². The van der Waals surface area contributed by atoms with Gasteiger partial charge in [0.1, 0.15) is 0 Å². The van der Waals surface area contributed by atoms with Crippen molar-refractivity contribution in [2.24, 2.45) is 7.05 Å². The van der Waals surface area contributed by atoms with E-state index in [-0.39, 0.29) is 0 Å². The second-order valence-corrected chi connectivity index (χ2v) is 6.25. The third kappa shape index (κ3) is 1.49. The quantitative estimate of drug-likeness (QED) is 0.579. The molecule has 1 aliphatic carbocycles. The Morgan fingerprint density at radius 3 is 2.65 bits per heavy atom. The zero-order valence-corrected chi connectivity index (χ0v) is 13.0. The number of hydrogen-bond acceptors (Lipinski definition) is 0. The number of hydrogen-bond donors (Lipinski definition) is 0. The van der Waals surface area contributed by atoms with Gasteiger partial charge in [-0.2, -0.15) is 0 Å². The Labute approximate surface area is 127 Å². The molecular formula is C18H16BrN. The van der Waals surface area contributed by atoms with Gasteiger partial charge in [-0.25, -0.2) is 0 Å². The normalized spacial score (nSPS) is 16.4. The summed E-state index contributed by atoms with van der Waals surface area (Å²) in [5.41, 5.74) is 7.16. The summed E-state index contributed by atoms with van der Waals surface area (Å²) in [6, 6.07) is 17.6. The van der Waals surface area contributed by atoms with Gasteiger partial charge in [-0.1, -0.05) is 58.4 Å². The summed E-state index contributed by atoms with van der Waals surface area (Å²) < 4.78 is 2.36. The summed E-state index contributed by atoms with van der Waals surface area (Å²) in [5, 5.41) is 2.45. The molecule has 1 aromatic heterocycles. The number of alkyl halides is 1. The van der Waals surface area contributed by atoms with Crippen molar-refractivity contribution in [3.8, 4) is 11.3 Å². The SMILES string of the molecule is Cn1c2c(c3ccccc31)C(CCBr)c1ccccc1-2. The molecule has 0 saturated heterocycles. The van der Waals surface area contributed by atoms with Crippen molar-refractivity contribution < 1.29 is 0 Å². The van der Waals surface area contributed by atoms with Crippen molar-refractivity contribution in [3.63, 3.8) is 0 Å². The molecule has 1 heterocycles. The van der Waals surface area contributed by atoms with Crippen LogP contribution in [0.4, 0.5) is 0 Å². The molecule has 0 N–H and O–H groups in total. The van der Waals surface area contributed by atoms with Crippen LogP contribution in [0.3, 0.4) is 0 Å². The lowest BCUT2D eigenvalue weighted by Gasteiger charge is -2.12. The highest BCUT2D eigenvalue weighted by Gasteiger charge is 2.32. The Kier molecular flexibility index (Phi) is 2.74. The van der Waals surface area contributed by atoms with Gasteiger partial charge in [-0.05, 0) is 23.6 Å². The number of benzene rings is 2. The predicted molar refractivity (Wildman–Crippen MR) is 88.6 cm³/mol. The van der Waals surface area contributed by atoms with Crippen molar-refractivity contribution in [1.29, 1.82) is 0 Å². The third-order valence-corrected chi connectivity index (χ3v) is 4.94. The molecule has 20 heavy (non-hydrogen) atoms. The molecule has 4 rings (SSSR count). The van der Waals surface area contributed by atoms with Crippen LogP contribution >= 0.6 is 15.9 Å². The summed E-state index contributed by atoms with van der Waals surface area (Å²) in [4.78, 5) is 0. The van der Waals surface area contributed by atoms with Crippen LogP contribution in [0.15, 0.2) is 48.5 Å². The van der Waals surface area contributed by atoms with E-state index in [4.69, 9.17) is 0 Å². The van der Waals surface area contributed by atoms with E-state index in [0.29, 0.717) is 5.92 Å². The molecule has 1 nitrogen and oxygen atoms in total. The lowest BCUT2D eigenvalue weighted by molar-refractivity contribution is 0.815. The highest BCUT2D eigenvalue weighted by atomic mass is 79.9. The number of para-hydroxylation sites is 1. The van der Waals surface area contributed by atoms with Gasteiger partial charge in [-0.3, -0.25) is 0 Å². The second-order valence-electron chi connectivity index (χ2n) is 5.46. The standard InChI is InChI=1S/C18H16BrN/c1-20-16-9-5-4-8-15(16)17-13(10-11-19)12-6-2-3-7-14(12)18(17)20/h2-9,13H,10-11H2,1H3. The molecule has 1 aliphatic rings. The van der Waals surface area contributed by atoms with Gasteiger partial charge in [0.25, 0.3) is 0 Å². The van der Waals surface area contributed by atoms with Gasteiger partial charge in [0.05, 0.1) is 5.69 Å². The van der Waals surface area contributed by atoms with Crippen molar-refractivity contribution in [3.05, 3.63) is 59.7 Å². The molecule has 2 aromatic carbocycles. The summed E-state index contributed by atoms with van der Waals surface area (Å²) in [5.74, 6) is 0.520. The lowest BCUT2D eigenvalue weighted by atomic mass is 9.93. The number of halogens is 1. The molecular weight excluding hydrogens is 310 g/mol. The highest BCUT2D eigenvalue weighted by molar-refractivity contribution is 9.09. The molecule has 0 bridgehead atoms. The van der Waals surface area contributed by atoms with E-state index >= 15 is 0 Å². The Bertz CT molecular complexity index is 800. The first-order valence-corrected chi connectivity index (χ1v) is 8.17. The zero-order valence-electron chi connectivity index (χ0n) is 11.4. The fourth-order valence-corrected chi connectivity index (χ4v) is 4.14.